The van der Waals surface area contributed by atoms with E-state index < -0.39 is 0 Å². The molecule has 3 rings (SSSR count). The molecule has 8 nitrogen and oxygen atoms in total. The lowest BCUT2D eigenvalue weighted by molar-refractivity contribution is 0.0537. The SMILES string of the molecule is CONC(=O)c1ccc(-c2ccc3nc(N)nc(OC(C)C)c3n2)cc1. The molecular formula is C18H19N5O3. The third-order valence-electron chi connectivity index (χ3n) is 3.51. The van der Waals surface area contributed by atoms with Gasteiger partial charge in [0, 0.05) is 11.1 Å². The van der Waals surface area contributed by atoms with Crippen molar-refractivity contribution in [3.8, 4) is 17.1 Å². The molecule has 2 heterocycles. The first-order valence-corrected chi connectivity index (χ1v) is 8.02. The Labute approximate surface area is 150 Å². The van der Waals surface area contributed by atoms with Gasteiger partial charge in [0.05, 0.1) is 24.4 Å². The minimum atomic E-state index is -0.318. The molecule has 0 saturated carbocycles. The molecule has 0 bridgehead atoms. The van der Waals surface area contributed by atoms with Crippen LogP contribution in [0.25, 0.3) is 22.3 Å². The number of nitrogens with two attached hydrogens (primary N) is 1. The average Bonchev–Trinajstić information content (AvgIpc) is 2.61. The number of hydroxylamine groups is 1. The van der Waals surface area contributed by atoms with Gasteiger partial charge >= 0.3 is 0 Å². The Morgan fingerprint density at radius 3 is 2.46 bits per heavy atom. The van der Waals surface area contributed by atoms with Gasteiger partial charge in [0.2, 0.25) is 11.8 Å². The number of ether oxygens (including phenoxy) is 1. The molecule has 0 radical (unpaired) electrons. The van der Waals surface area contributed by atoms with Crippen LogP contribution in [-0.4, -0.2) is 34.1 Å². The van der Waals surface area contributed by atoms with Gasteiger partial charge in [-0.05, 0) is 38.1 Å². The molecular weight excluding hydrogens is 334 g/mol. The maximum atomic E-state index is 11.7. The second-order valence-electron chi connectivity index (χ2n) is 5.83. The highest BCUT2D eigenvalue weighted by Crippen LogP contribution is 2.26. The molecule has 3 aromatic rings. The molecule has 0 aliphatic heterocycles. The summed E-state index contributed by atoms with van der Waals surface area (Å²) in [5.41, 5.74) is 11.2. The minimum absolute atomic E-state index is 0.0727. The van der Waals surface area contributed by atoms with Crippen molar-refractivity contribution in [1.82, 2.24) is 20.4 Å². The molecule has 0 spiro atoms. The molecule has 0 aliphatic carbocycles. The van der Waals surface area contributed by atoms with E-state index in [1.165, 1.54) is 7.11 Å². The number of hydrogen-bond acceptors (Lipinski definition) is 7. The predicted molar refractivity (Wildman–Crippen MR) is 97.4 cm³/mol. The Morgan fingerprint density at radius 2 is 1.81 bits per heavy atom. The van der Waals surface area contributed by atoms with Crippen molar-refractivity contribution in [2.24, 2.45) is 0 Å². The number of amides is 1. The van der Waals surface area contributed by atoms with Crippen molar-refractivity contribution in [2.45, 2.75) is 20.0 Å². The fourth-order valence-electron chi connectivity index (χ4n) is 2.41. The molecule has 134 valence electrons. The van der Waals surface area contributed by atoms with Crippen molar-refractivity contribution in [1.29, 1.82) is 0 Å². The van der Waals surface area contributed by atoms with E-state index in [2.05, 4.69) is 25.3 Å². The number of pyridine rings is 1. The van der Waals surface area contributed by atoms with E-state index in [1.807, 2.05) is 26.0 Å². The summed E-state index contributed by atoms with van der Waals surface area (Å²) in [5, 5.41) is 0. The number of rotatable bonds is 5. The van der Waals surface area contributed by atoms with Gasteiger partial charge in [0.25, 0.3) is 5.91 Å². The van der Waals surface area contributed by atoms with Crippen LogP contribution in [0.15, 0.2) is 36.4 Å². The lowest BCUT2D eigenvalue weighted by Crippen LogP contribution is -2.21. The van der Waals surface area contributed by atoms with Crippen LogP contribution < -0.4 is 16.0 Å². The largest absolute Gasteiger partial charge is 0.473 e. The van der Waals surface area contributed by atoms with Gasteiger partial charge in [-0.25, -0.2) is 15.4 Å². The monoisotopic (exact) mass is 353 g/mol. The molecule has 0 saturated heterocycles. The lowest BCUT2D eigenvalue weighted by atomic mass is 10.1. The number of anilines is 1. The normalized spacial score (nSPS) is 10.9. The quantitative estimate of drug-likeness (QED) is 0.677. The number of nitrogens with zero attached hydrogens (tertiary/aromatic N) is 3. The first-order chi connectivity index (χ1) is 12.5. The van der Waals surface area contributed by atoms with Gasteiger partial charge in [-0.2, -0.15) is 4.98 Å². The van der Waals surface area contributed by atoms with Gasteiger partial charge in [0.1, 0.15) is 0 Å². The first kappa shape index (κ1) is 17.6. The standard InChI is InChI=1S/C18H19N5O3/c1-10(2)26-17-15-14(21-18(19)22-17)9-8-13(20-15)11-4-6-12(7-5-11)16(24)23-25-3/h4-10H,1-3H3,(H,23,24)(H2,19,21,22). The molecule has 1 aromatic carbocycles. The topological polar surface area (TPSA) is 112 Å². The van der Waals surface area contributed by atoms with Crippen LogP contribution in [0.4, 0.5) is 5.95 Å². The van der Waals surface area contributed by atoms with Crippen LogP contribution in [-0.2, 0) is 4.84 Å². The van der Waals surface area contributed by atoms with Crippen molar-refractivity contribution in [3.05, 3.63) is 42.0 Å². The van der Waals surface area contributed by atoms with Crippen molar-refractivity contribution < 1.29 is 14.4 Å². The van der Waals surface area contributed by atoms with Crippen LogP contribution in [0.1, 0.15) is 24.2 Å². The average molecular weight is 353 g/mol. The number of aromatic nitrogens is 3. The minimum Gasteiger partial charge on any atom is -0.473 e. The first-order valence-electron chi connectivity index (χ1n) is 8.02. The third kappa shape index (κ3) is 3.70. The molecule has 0 fully saturated rings. The molecule has 0 unspecified atom stereocenters. The third-order valence-corrected chi connectivity index (χ3v) is 3.51. The zero-order valence-corrected chi connectivity index (χ0v) is 14.7. The maximum Gasteiger partial charge on any atom is 0.274 e. The Morgan fingerprint density at radius 1 is 1.08 bits per heavy atom. The highest BCUT2D eigenvalue weighted by molar-refractivity contribution is 5.94. The number of carbonyl (C=O) groups is 1. The lowest BCUT2D eigenvalue weighted by Gasteiger charge is -2.12. The fraction of sp³-hybridized carbons (Fsp3) is 0.222. The van der Waals surface area contributed by atoms with Crippen LogP contribution in [0.2, 0.25) is 0 Å². The molecule has 1 amide bonds. The second kappa shape index (κ2) is 7.32. The Hall–Kier alpha value is -3.26. The van der Waals surface area contributed by atoms with Crippen molar-refractivity contribution in [3.63, 3.8) is 0 Å². The van der Waals surface area contributed by atoms with Crippen molar-refractivity contribution in [2.75, 3.05) is 12.8 Å². The zero-order valence-electron chi connectivity index (χ0n) is 14.7. The summed E-state index contributed by atoms with van der Waals surface area (Å²) < 4.78 is 5.72. The number of carbonyl (C=O) groups excluding carboxylic acids is 1. The summed E-state index contributed by atoms with van der Waals surface area (Å²) in [6.45, 7) is 3.80. The Kier molecular flexibility index (Phi) is 4.94. The van der Waals surface area contributed by atoms with Crippen LogP contribution >= 0.6 is 0 Å². The molecule has 8 heteroatoms. The summed E-state index contributed by atoms with van der Waals surface area (Å²) in [4.78, 5) is 29.3. The maximum absolute atomic E-state index is 11.7. The van der Waals surface area contributed by atoms with Crippen LogP contribution in [0.5, 0.6) is 5.88 Å². The van der Waals surface area contributed by atoms with E-state index >= 15 is 0 Å². The number of benzene rings is 1. The molecule has 0 atom stereocenters. The predicted octanol–water partition coefficient (Wildman–Crippen LogP) is 2.35. The summed E-state index contributed by atoms with van der Waals surface area (Å²) in [5.74, 6) is 0.165. The van der Waals surface area contributed by atoms with Gasteiger partial charge in [-0.15, -0.1) is 0 Å². The van der Waals surface area contributed by atoms with E-state index in [0.717, 1.165) is 5.56 Å². The zero-order chi connectivity index (χ0) is 18.7. The molecule has 3 N–H and O–H groups in total. The molecule has 0 aliphatic rings. The summed E-state index contributed by atoms with van der Waals surface area (Å²) in [6.07, 6.45) is -0.0727. The van der Waals surface area contributed by atoms with Crippen LogP contribution in [0.3, 0.4) is 0 Å². The summed E-state index contributed by atoms with van der Waals surface area (Å²) in [7, 11) is 1.39. The van der Waals surface area contributed by atoms with E-state index in [4.69, 9.17) is 10.5 Å². The number of nitrogen functional groups attached to an aromatic ring is 1. The smallest absolute Gasteiger partial charge is 0.274 e. The second-order valence-corrected chi connectivity index (χ2v) is 5.83. The molecule has 26 heavy (non-hydrogen) atoms. The van der Waals surface area contributed by atoms with Gasteiger partial charge in [-0.1, -0.05) is 12.1 Å². The summed E-state index contributed by atoms with van der Waals surface area (Å²) >= 11 is 0. The highest BCUT2D eigenvalue weighted by atomic mass is 16.6. The van der Waals surface area contributed by atoms with E-state index in [-0.39, 0.29) is 18.0 Å². The van der Waals surface area contributed by atoms with Crippen LogP contribution in [0, 0.1) is 0 Å². The van der Waals surface area contributed by atoms with Gasteiger partial charge in [0.15, 0.2) is 5.52 Å². The number of nitrogens with one attached hydrogen (secondary N) is 1. The number of hydrogen-bond donors (Lipinski definition) is 2. The van der Waals surface area contributed by atoms with E-state index in [0.29, 0.717) is 28.2 Å². The van der Waals surface area contributed by atoms with Crippen molar-refractivity contribution >= 4 is 22.9 Å². The van der Waals surface area contributed by atoms with Gasteiger partial charge in [-0.3, -0.25) is 9.63 Å². The molecule has 2 aromatic heterocycles. The van der Waals surface area contributed by atoms with E-state index in [1.54, 1.807) is 24.3 Å². The van der Waals surface area contributed by atoms with E-state index in [9.17, 15) is 4.79 Å². The summed E-state index contributed by atoms with van der Waals surface area (Å²) in [6, 6.07) is 10.6. The van der Waals surface area contributed by atoms with Gasteiger partial charge < -0.3 is 10.5 Å². The Balaban J connectivity index is 2.00. The number of fused-ring (bicyclic) bond motifs is 1. The highest BCUT2D eigenvalue weighted by Gasteiger charge is 2.13. The fourth-order valence-corrected chi connectivity index (χ4v) is 2.41. The Bertz CT molecular complexity index is 941.